The van der Waals surface area contributed by atoms with Crippen LogP contribution in [0.2, 0.25) is 0 Å². The smallest absolute Gasteiger partial charge is 0.159 e. The first-order valence-electron chi connectivity index (χ1n) is 5.39. The van der Waals surface area contributed by atoms with Crippen LogP contribution in [0.1, 0.15) is 25.8 Å². The molecule has 85 valence electrons. The van der Waals surface area contributed by atoms with E-state index in [1.807, 2.05) is 29.1 Å². The van der Waals surface area contributed by atoms with Crippen LogP contribution in [0.15, 0.2) is 30.6 Å². The van der Waals surface area contributed by atoms with Gasteiger partial charge in [-0.1, -0.05) is 13.8 Å². The fraction of sp³-hybridized carbons (Fsp3) is 0.308. The molecule has 4 heteroatoms. The Kier molecular flexibility index (Phi) is 2.92. The van der Waals surface area contributed by atoms with Crippen LogP contribution in [-0.4, -0.2) is 14.8 Å². The van der Waals surface area contributed by atoms with Crippen molar-refractivity contribution in [2.24, 2.45) is 0 Å². The Morgan fingerprint density at radius 3 is 2.94 bits per heavy atom. The highest BCUT2D eigenvalue weighted by Gasteiger charge is 2.21. The van der Waals surface area contributed by atoms with E-state index >= 15 is 0 Å². The van der Waals surface area contributed by atoms with Gasteiger partial charge in [0.2, 0.25) is 0 Å². The van der Waals surface area contributed by atoms with Crippen LogP contribution >= 0.6 is 0 Å². The highest BCUT2D eigenvalue weighted by molar-refractivity contribution is 5.29. The van der Waals surface area contributed by atoms with Crippen molar-refractivity contribution in [1.82, 2.24) is 14.8 Å². The quantitative estimate of drug-likeness (QED) is 0.805. The number of hydrogen-bond acceptors (Lipinski definition) is 3. The van der Waals surface area contributed by atoms with E-state index in [2.05, 4.69) is 36.3 Å². The predicted molar refractivity (Wildman–Crippen MR) is 63.5 cm³/mol. The minimum absolute atomic E-state index is 0.145. The summed E-state index contributed by atoms with van der Waals surface area (Å²) in [4.78, 5) is 0. The van der Waals surface area contributed by atoms with Gasteiger partial charge in [-0.2, -0.15) is 5.26 Å². The molecule has 17 heavy (non-hydrogen) atoms. The minimum atomic E-state index is -0.145. The zero-order valence-corrected chi connectivity index (χ0v) is 9.88. The second-order valence-corrected chi connectivity index (χ2v) is 4.55. The summed E-state index contributed by atoms with van der Waals surface area (Å²) in [5.41, 5.74) is 0.975. The lowest BCUT2D eigenvalue weighted by atomic mass is 9.84. The van der Waals surface area contributed by atoms with Crippen molar-refractivity contribution in [3.05, 3.63) is 42.4 Å². The number of hydrogen-bond donors (Lipinski definition) is 0. The number of nitrogens with zero attached hydrogens (tertiary/aromatic N) is 4. The van der Waals surface area contributed by atoms with Crippen LogP contribution in [0.4, 0.5) is 0 Å². The van der Waals surface area contributed by atoms with E-state index in [0.717, 1.165) is 11.4 Å². The van der Waals surface area contributed by atoms with Crippen molar-refractivity contribution in [3.8, 4) is 11.9 Å². The van der Waals surface area contributed by atoms with Gasteiger partial charge in [0, 0.05) is 24.2 Å². The van der Waals surface area contributed by atoms with Crippen LogP contribution in [0.5, 0.6) is 0 Å². The maximum absolute atomic E-state index is 8.80. The molecule has 1 radical (unpaired) electrons. The Labute approximate surface area is 101 Å². The molecule has 0 unspecified atom stereocenters. The Hall–Kier alpha value is -2.15. The van der Waals surface area contributed by atoms with Gasteiger partial charge in [-0.05, 0) is 23.8 Å². The van der Waals surface area contributed by atoms with E-state index in [-0.39, 0.29) is 5.41 Å². The molecule has 0 atom stereocenters. The summed E-state index contributed by atoms with van der Waals surface area (Å²) in [6.07, 6.45) is 7.05. The maximum atomic E-state index is 8.80. The molecule has 2 heterocycles. The zero-order valence-electron chi connectivity index (χ0n) is 9.88. The van der Waals surface area contributed by atoms with Crippen molar-refractivity contribution in [2.75, 3.05) is 0 Å². The molecule has 4 nitrogen and oxygen atoms in total. The van der Waals surface area contributed by atoms with Crippen LogP contribution in [0, 0.1) is 17.5 Å². The Morgan fingerprint density at radius 2 is 2.29 bits per heavy atom. The van der Waals surface area contributed by atoms with Gasteiger partial charge in [-0.3, -0.25) is 0 Å². The lowest BCUT2D eigenvalue weighted by molar-refractivity contribution is 0.540. The molecule has 0 spiro atoms. The Balaban J connectivity index is 2.32. The summed E-state index contributed by atoms with van der Waals surface area (Å²) in [6.45, 7) is 4.11. The molecule has 0 fully saturated rings. The number of nitriles is 1. The average Bonchev–Trinajstić information content (AvgIpc) is 2.80. The van der Waals surface area contributed by atoms with Gasteiger partial charge in [0.25, 0.3) is 0 Å². The van der Waals surface area contributed by atoms with Crippen LogP contribution < -0.4 is 0 Å². The van der Waals surface area contributed by atoms with Gasteiger partial charge in [0.15, 0.2) is 5.82 Å². The van der Waals surface area contributed by atoms with E-state index in [0.29, 0.717) is 6.42 Å². The van der Waals surface area contributed by atoms with Gasteiger partial charge in [0.1, 0.15) is 6.20 Å². The van der Waals surface area contributed by atoms with Gasteiger partial charge in [-0.25, -0.2) is 0 Å². The zero-order chi connectivity index (χ0) is 12.3. The van der Waals surface area contributed by atoms with Gasteiger partial charge in [-0.15, -0.1) is 10.2 Å². The Bertz CT molecular complexity index is 534. The van der Waals surface area contributed by atoms with Crippen molar-refractivity contribution < 1.29 is 0 Å². The summed E-state index contributed by atoms with van der Waals surface area (Å²) in [6, 6.07) is 7.79. The molecule has 2 aromatic rings. The van der Waals surface area contributed by atoms with Crippen LogP contribution in [0.3, 0.4) is 0 Å². The van der Waals surface area contributed by atoms with Crippen molar-refractivity contribution in [2.45, 2.75) is 25.7 Å². The van der Waals surface area contributed by atoms with Crippen molar-refractivity contribution >= 4 is 0 Å². The topological polar surface area (TPSA) is 54.5 Å². The third-order valence-electron chi connectivity index (χ3n) is 2.78. The molecule has 0 saturated carbocycles. The predicted octanol–water partition coefficient (Wildman–Crippen LogP) is 2.26. The van der Waals surface area contributed by atoms with Gasteiger partial charge >= 0.3 is 0 Å². The third kappa shape index (κ3) is 2.34. The molecule has 0 aliphatic rings. The summed E-state index contributed by atoms with van der Waals surface area (Å²) in [5, 5.41) is 16.5. The summed E-state index contributed by atoms with van der Waals surface area (Å²) in [7, 11) is 0. The first kappa shape index (κ1) is 11.3. The monoisotopic (exact) mass is 225 g/mol. The molecule has 2 aromatic heterocycles. The van der Waals surface area contributed by atoms with Gasteiger partial charge in [0.05, 0.1) is 6.07 Å². The fourth-order valence-electron chi connectivity index (χ4n) is 1.64. The molecule has 2 rings (SSSR count). The average molecular weight is 225 g/mol. The normalized spacial score (nSPS) is 11.1. The van der Waals surface area contributed by atoms with Gasteiger partial charge < -0.3 is 4.57 Å². The van der Waals surface area contributed by atoms with E-state index in [9.17, 15) is 0 Å². The minimum Gasteiger partial charge on any atom is -0.307 e. The molecular weight excluding hydrogens is 212 g/mol. The molecule has 0 aliphatic heterocycles. The molecular formula is C13H13N4. The molecule has 0 amide bonds. The van der Waals surface area contributed by atoms with E-state index < -0.39 is 0 Å². The third-order valence-corrected chi connectivity index (χ3v) is 2.78. The second-order valence-electron chi connectivity index (χ2n) is 4.55. The number of rotatable bonds is 3. The first-order chi connectivity index (χ1) is 8.13. The van der Waals surface area contributed by atoms with Crippen LogP contribution in [0.25, 0.3) is 5.82 Å². The first-order valence-corrected chi connectivity index (χ1v) is 5.39. The van der Waals surface area contributed by atoms with E-state index in [1.165, 1.54) is 0 Å². The lowest BCUT2D eigenvalue weighted by Gasteiger charge is -2.19. The van der Waals surface area contributed by atoms with E-state index in [4.69, 9.17) is 5.26 Å². The van der Waals surface area contributed by atoms with Crippen LogP contribution in [-0.2, 0) is 5.41 Å². The lowest BCUT2D eigenvalue weighted by Crippen LogP contribution is -2.15. The summed E-state index contributed by atoms with van der Waals surface area (Å²) in [5.74, 6) is 0.753. The summed E-state index contributed by atoms with van der Waals surface area (Å²) >= 11 is 0. The molecule has 0 saturated heterocycles. The number of aromatic nitrogens is 3. The standard InChI is InChI=1S/C13H13N4/c1-13(2,6-7-14)11-5-9-17(10-11)12-4-3-8-15-16-12/h3-5,9-10H,6H2,1-2H3. The highest BCUT2D eigenvalue weighted by Crippen LogP contribution is 2.27. The summed E-state index contributed by atoms with van der Waals surface area (Å²) < 4.78 is 1.90. The molecule has 0 aliphatic carbocycles. The second kappa shape index (κ2) is 4.38. The molecule has 0 N–H and O–H groups in total. The molecule has 0 bridgehead atoms. The SMILES string of the molecule is CC(C)(CC#N)c1ccn(-c2cc[c]nn2)c1. The van der Waals surface area contributed by atoms with E-state index in [1.54, 1.807) is 6.07 Å². The largest absolute Gasteiger partial charge is 0.307 e. The highest BCUT2D eigenvalue weighted by atomic mass is 15.2. The Morgan fingerprint density at radius 1 is 1.47 bits per heavy atom. The maximum Gasteiger partial charge on any atom is 0.159 e. The van der Waals surface area contributed by atoms with Crippen molar-refractivity contribution in [1.29, 1.82) is 5.26 Å². The fourth-order valence-corrected chi connectivity index (χ4v) is 1.64. The molecule has 0 aromatic carbocycles. The van der Waals surface area contributed by atoms with Crippen molar-refractivity contribution in [3.63, 3.8) is 0 Å².